The molecule has 1 saturated heterocycles. The van der Waals surface area contributed by atoms with E-state index in [1.54, 1.807) is 30.1 Å². The van der Waals surface area contributed by atoms with Gasteiger partial charge in [0.25, 0.3) is 5.91 Å². The van der Waals surface area contributed by atoms with Crippen molar-refractivity contribution in [1.29, 1.82) is 5.26 Å². The maximum atomic E-state index is 14.7. The third-order valence-electron chi connectivity index (χ3n) is 6.40. The number of benzene rings is 1. The van der Waals surface area contributed by atoms with Crippen LogP contribution in [-0.2, 0) is 6.54 Å². The number of hydrogen-bond acceptors (Lipinski definition) is 7. The van der Waals surface area contributed by atoms with E-state index in [0.29, 0.717) is 29.4 Å². The first kappa shape index (κ1) is 22.0. The molecule has 0 radical (unpaired) electrons. The fourth-order valence-corrected chi connectivity index (χ4v) is 4.66. The van der Waals surface area contributed by atoms with Crippen LogP contribution in [0.4, 0.5) is 10.2 Å². The third kappa shape index (κ3) is 4.00. The van der Waals surface area contributed by atoms with Crippen molar-refractivity contribution in [3.8, 4) is 23.0 Å². The van der Waals surface area contributed by atoms with Crippen LogP contribution in [-0.4, -0.2) is 57.6 Å². The topological polar surface area (TPSA) is 110 Å². The minimum Gasteiger partial charge on any atom is -0.355 e. The lowest BCUT2D eigenvalue weighted by molar-refractivity contribution is -0.0676. The molecule has 1 amide bonds. The van der Waals surface area contributed by atoms with Gasteiger partial charge in [-0.2, -0.15) is 15.4 Å². The quantitative estimate of drug-likeness (QED) is 0.543. The minimum absolute atomic E-state index is 0.108. The van der Waals surface area contributed by atoms with E-state index in [1.807, 2.05) is 12.1 Å². The molecule has 2 aliphatic heterocycles. The number of pyridine rings is 1. The lowest BCUT2D eigenvalue weighted by Crippen LogP contribution is -2.22. The maximum Gasteiger partial charge on any atom is 0.255 e. The number of fused-ring (bicyclic) bond motifs is 1. The van der Waals surface area contributed by atoms with Crippen molar-refractivity contribution in [2.45, 2.75) is 19.4 Å². The van der Waals surface area contributed by atoms with E-state index in [2.05, 4.69) is 15.2 Å². The summed E-state index contributed by atoms with van der Waals surface area (Å²) >= 11 is 0. The van der Waals surface area contributed by atoms with Crippen molar-refractivity contribution in [3.05, 3.63) is 59.2 Å². The normalized spacial score (nSPS) is 17.2. The number of nitriles is 1. The number of carbonyl (C=O) groups is 1. The van der Waals surface area contributed by atoms with Crippen molar-refractivity contribution in [2.24, 2.45) is 5.92 Å². The summed E-state index contributed by atoms with van der Waals surface area (Å²) in [5.41, 5.74) is 1.96. The van der Waals surface area contributed by atoms with Crippen LogP contribution in [0, 0.1) is 23.1 Å². The summed E-state index contributed by atoms with van der Waals surface area (Å²) < 4.78 is 16.3. The van der Waals surface area contributed by atoms with E-state index in [-0.39, 0.29) is 29.3 Å². The fourth-order valence-electron chi connectivity index (χ4n) is 4.66. The molecule has 2 aromatic heterocycles. The number of halogens is 1. The molecule has 5 rings (SSSR count). The van der Waals surface area contributed by atoms with Gasteiger partial charge in [-0.15, -0.1) is 0 Å². The predicted octanol–water partition coefficient (Wildman–Crippen LogP) is 2.73. The number of anilines is 1. The molecule has 4 heterocycles. The van der Waals surface area contributed by atoms with Crippen LogP contribution in [0.1, 0.15) is 34.5 Å². The van der Waals surface area contributed by atoms with E-state index in [1.165, 1.54) is 17.2 Å². The summed E-state index contributed by atoms with van der Waals surface area (Å²) in [4.78, 5) is 19.3. The highest BCUT2D eigenvalue weighted by Crippen LogP contribution is 2.32. The van der Waals surface area contributed by atoms with E-state index in [4.69, 9.17) is 5.10 Å². The second-order valence-electron chi connectivity index (χ2n) is 8.69. The van der Waals surface area contributed by atoms with Gasteiger partial charge in [0.1, 0.15) is 5.82 Å². The maximum absolute atomic E-state index is 14.7. The summed E-state index contributed by atoms with van der Waals surface area (Å²) in [7, 11) is 1.65. The smallest absolute Gasteiger partial charge is 0.255 e. The van der Waals surface area contributed by atoms with E-state index in [9.17, 15) is 19.7 Å². The Morgan fingerprint density at radius 3 is 3.00 bits per heavy atom. The van der Waals surface area contributed by atoms with Crippen LogP contribution in [0.3, 0.4) is 0 Å². The molecule has 9 nitrogen and oxygen atoms in total. The number of nitrogens with zero attached hydrogens (tertiary/aromatic N) is 6. The first-order valence-electron chi connectivity index (χ1n) is 11.2. The van der Waals surface area contributed by atoms with Gasteiger partial charge in [0.15, 0.2) is 5.82 Å². The van der Waals surface area contributed by atoms with Gasteiger partial charge in [-0.05, 0) is 37.0 Å². The van der Waals surface area contributed by atoms with Crippen LogP contribution in [0.25, 0.3) is 16.9 Å². The van der Waals surface area contributed by atoms with E-state index >= 15 is 0 Å². The Labute approximate surface area is 196 Å². The Morgan fingerprint density at radius 2 is 2.21 bits per heavy atom. The number of carbonyl (C=O) groups excluding carboxylic acids is 1. The Hall–Kier alpha value is -3.81. The molecule has 2 aliphatic rings. The number of rotatable bonds is 6. The lowest BCUT2D eigenvalue weighted by atomic mass is 10.0. The molecule has 3 aromatic rings. The first-order valence-corrected chi connectivity index (χ1v) is 11.2. The van der Waals surface area contributed by atoms with Gasteiger partial charge < -0.3 is 15.4 Å². The van der Waals surface area contributed by atoms with Crippen LogP contribution in [0.5, 0.6) is 0 Å². The largest absolute Gasteiger partial charge is 0.355 e. The second-order valence-corrected chi connectivity index (χ2v) is 8.69. The lowest BCUT2D eigenvalue weighted by Gasteiger charge is -2.16. The van der Waals surface area contributed by atoms with Gasteiger partial charge in [0.05, 0.1) is 46.4 Å². The van der Waals surface area contributed by atoms with Gasteiger partial charge >= 0.3 is 0 Å². The number of hydrogen-bond donors (Lipinski definition) is 2. The zero-order valence-corrected chi connectivity index (χ0v) is 18.7. The van der Waals surface area contributed by atoms with Crippen molar-refractivity contribution in [2.75, 3.05) is 31.6 Å². The fraction of sp³-hybridized carbons (Fsp3) is 0.333. The molecule has 2 N–H and O–H groups in total. The van der Waals surface area contributed by atoms with Gasteiger partial charge in [-0.25, -0.2) is 14.1 Å². The molecule has 0 spiro atoms. The highest BCUT2D eigenvalue weighted by molar-refractivity contribution is 6.01. The SMILES string of the molecule is CN(O)CCC1CCN(c2ccn(-c3cc(-c4c(F)cccc4C#N)nc4c3C(=O)NC4)n2)C1. The zero-order valence-electron chi connectivity index (χ0n) is 18.7. The van der Waals surface area contributed by atoms with Crippen molar-refractivity contribution < 1.29 is 14.4 Å². The molecule has 0 saturated carbocycles. The van der Waals surface area contributed by atoms with Crippen LogP contribution < -0.4 is 10.2 Å². The average molecular weight is 462 g/mol. The van der Waals surface area contributed by atoms with Crippen molar-refractivity contribution in [3.63, 3.8) is 0 Å². The molecule has 10 heteroatoms. The summed E-state index contributed by atoms with van der Waals surface area (Å²) in [5.74, 6) is 0.443. The van der Waals surface area contributed by atoms with E-state index < -0.39 is 5.82 Å². The van der Waals surface area contributed by atoms with Crippen LogP contribution >= 0.6 is 0 Å². The molecule has 1 aromatic carbocycles. The van der Waals surface area contributed by atoms with Crippen molar-refractivity contribution >= 4 is 11.7 Å². The molecular weight excluding hydrogens is 437 g/mol. The Balaban J connectivity index is 1.50. The Bertz CT molecular complexity index is 1300. The minimum atomic E-state index is -0.549. The molecule has 1 unspecified atom stereocenters. The highest BCUT2D eigenvalue weighted by atomic mass is 19.1. The number of amides is 1. The third-order valence-corrected chi connectivity index (χ3v) is 6.40. The molecule has 1 atom stereocenters. The standard InChI is InChI=1S/C24H24FN7O2/c1-30(34)8-5-15-6-9-31(14-15)21-7-10-32(29-21)20-11-18(28-19-13-27-24(33)23(19)20)22-16(12-26)3-2-4-17(22)25/h2-4,7,10-11,15,34H,5-6,8-9,13-14H2,1H3,(H,27,33). The van der Waals surface area contributed by atoms with Gasteiger partial charge in [-0.1, -0.05) is 6.07 Å². The summed E-state index contributed by atoms with van der Waals surface area (Å²) in [6, 6.07) is 9.85. The first-order chi connectivity index (χ1) is 16.4. The van der Waals surface area contributed by atoms with Crippen LogP contribution in [0.15, 0.2) is 36.5 Å². The molecule has 1 fully saturated rings. The number of nitrogens with one attached hydrogen (secondary N) is 1. The Kier molecular flexibility index (Phi) is 5.73. The second kappa shape index (κ2) is 8.85. The zero-order chi connectivity index (χ0) is 23.8. The Morgan fingerprint density at radius 1 is 1.35 bits per heavy atom. The van der Waals surface area contributed by atoms with Gasteiger partial charge in [0.2, 0.25) is 0 Å². The summed E-state index contributed by atoms with van der Waals surface area (Å²) in [6.45, 7) is 2.55. The number of aromatic nitrogens is 3. The summed E-state index contributed by atoms with van der Waals surface area (Å²) in [5, 5.41) is 27.6. The van der Waals surface area contributed by atoms with Crippen molar-refractivity contribution in [1.82, 2.24) is 25.1 Å². The molecule has 34 heavy (non-hydrogen) atoms. The monoisotopic (exact) mass is 461 g/mol. The van der Waals surface area contributed by atoms with Crippen LogP contribution in [0.2, 0.25) is 0 Å². The molecule has 174 valence electrons. The molecular formula is C24H24FN7O2. The molecule has 0 bridgehead atoms. The average Bonchev–Trinajstić information content (AvgIpc) is 3.57. The number of hydroxylamine groups is 2. The van der Waals surface area contributed by atoms with Gasteiger partial charge in [-0.3, -0.25) is 4.79 Å². The van der Waals surface area contributed by atoms with Gasteiger partial charge in [0, 0.05) is 38.9 Å². The summed E-state index contributed by atoms with van der Waals surface area (Å²) in [6.07, 6.45) is 3.69. The van der Waals surface area contributed by atoms with E-state index in [0.717, 1.165) is 31.7 Å². The predicted molar refractivity (Wildman–Crippen MR) is 122 cm³/mol. The molecule has 0 aliphatic carbocycles. The highest BCUT2D eigenvalue weighted by Gasteiger charge is 2.29.